The van der Waals surface area contributed by atoms with E-state index in [0.29, 0.717) is 34.5 Å². The molecule has 0 fully saturated rings. The Morgan fingerprint density at radius 3 is 2.50 bits per heavy atom. The van der Waals surface area contributed by atoms with Gasteiger partial charge in [-0.25, -0.2) is 9.67 Å². The highest BCUT2D eigenvalue weighted by atomic mass is 35.5. The summed E-state index contributed by atoms with van der Waals surface area (Å²) in [5, 5.41) is 8.01. The Balaban J connectivity index is 1.64. The van der Waals surface area contributed by atoms with E-state index in [1.54, 1.807) is 31.0 Å². The average Bonchev–Trinajstić information content (AvgIpc) is 3.37. The fraction of sp³-hybridized carbons (Fsp3) is 0.125. The van der Waals surface area contributed by atoms with Crippen molar-refractivity contribution >= 4 is 23.3 Å². The van der Waals surface area contributed by atoms with Gasteiger partial charge in [-0.2, -0.15) is 5.10 Å². The van der Waals surface area contributed by atoms with Crippen LogP contribution in [0.2, 0.25) is 5.02 Å². The van der Waals surface area contributed by atoms with Crippen LogP contribution in [0.4, 0.5) is 5.82 Å². The summed E-state index contributed by atoms with van der Waals surface area (Å²) in [6.07, 6.45) is 2.03. The molecule has 8 heteroatoms. The summed E-state index contributed by atoms with van der Waals surface area (Å²) in [5.41, 5.74) is 4.90. The van der Waals surface area contributed by atoms with Crippen LogP contribution < -0.4 is 14.8 Å². The highest BCUT2D eigenvalue weighted by molar-refractivity contribution is 6.30. The van der Waals surface area contributed by atoms with Gasteiger partial charge in [0.25, 0.3) is 5.91 Å². The molecule has 5 rings (SSSR count). The molecule has 160 valence electrons. The van der Waals surface area contributed by atoms with Crippen LogP contribution in [-0.4, -0.2) is 34.9 Å². The normalized spacial score (nSPS) is 11.6. The van der Waals surface area contributed by atoms with Crippen LogP contribution in [0.5, 0.6) is 11.5 Å². The predicted octanol–water partition coefficient (Wildman–Crippen LogP) is 4.76. The number of aromatic nitrogens is 3. The number of halogens is 1. The number of nitrogens with zero attached hydrogens (tertiary/aromatic N) is 3. The molecule has 0 saturated heterocycles. The molecule has 1 aliphatic rings. The summed E-state index contributed by atoms with van der Waals surface area (Å²) in [6, 6.07) is 16.9. The van der Waals surface area contributed by atoms with Gasteiger partial charge in [0.05, 0.1) is 30.6 Å². The molecule has 0 aliphatic heterocycles. The second kappa shape index (κ2) is 8.01. The third-order valence-electron chi connectivity index (χ3n) is 5.40. The van der Waals surface area contributed by atoms with E-state index in [9.17, 15) is 4.79 Å². The van der Waals surface area contributed by atoms with E-state index in [2.05, 4.69) is 10.3 Å². The zero-order chi connectivity index (χ0) is 22.2. The van der Waals surface area contributed by atoms with Gasteiger partial charge in [-0.3, -0.25) is 4.79 Å². The molecule has 0 radical (unpaired) electrons. The molecule has 2 heterocycles. The van der Waals surface area contributed by atoms with Crippen LogP contribution in [-0.2, 0) is 6.42 Å². The molecule has 0 saturated carbocycles. The smallest absolute Gasteiger partial charge is 0.277 e. The van der Waals surface area contributed by atoms with Crippen LogP contribution >= 0.6 is 11.6 Å². The first-order valence-electron chi connectivity index (χ1n) is 9.94. The molecule has 0 bridgehead atoms. The average molecular weight is 447 g/mol. The number of carbonyl (C=O) groups excluding carboxylic acids is 1. The Kier molecular flexibility index (Phi) is 5.03. The van der Waals surface area contributed by atoms with E-state index in [1.807, 2.05) is 42.5 Å². The van der Waals surface area contributed by atoms with Gasteiger partial charge in [0.1, 0.15) is 5.82 Å². The minimum atomic E-state index is -0.336. The highest BCUT2D eigenvalue weighted by Gasteiger charge is 2.32. The molecule has 2 aromatic heterocycles. The van der Waals surface area contributed by atoms with Crippen LogP contribution in [0.3, 0.4) is 0 Å². The lowest BCUT2D eigenvalue weighted by Crippen LogP contribution is -2.15. The van der Waals surface area contributed by atoms with Crippen molar-refractivity contribution in [3.05, 3.63) is 82.6 Å². The lowest BCUT2D eigenvalue weighted by atomic mass is 10.1. The van der Waals surface area contributed by atoms with Gasteiger partial charge in [0.15, 0.2) is 17.2 Å². The van der Waals surface area contributed by atoms with Crippen molar-refractivity contribution in [2.24, 2.45) is 0 Å². The number of para-hydroxylation sites is 1. The number of pyridine rings is 1. The van der Waals surface area contributed by atoms with Gasteiger partial charge in [-0.1, -0.05) is 29.8 Å². The van der Waals surface area contributed by atoms with Gasteiger partial charge in [0.2, 0.25) is 0 Å². The summed E-state index contributed by atoms with van der Waals surface area (Å²) in [4.78, 5) is 17.3. The second-order valence-electron chi connectivity index (χ2n) is 7.28. The van der Waals surface area contributed by atoms with E-state index in [1.165, 1.54) is 6.20 Å². The van der Waals surface area contributed by atoms with Crippen LogP contribution in [0.25, 0.3) is 16.9 Å². The van der Waals surface area contributed by atoms with Crippen LogP contribution in [0, 0.1) is 0 Å². The van der Waals surface area contributed by atoms with Gasteiger partial charge >= 0.3 is 0 Å². The van der Waals surface area contributed by atoms with Crippen molar-refractivity contribution in [2.45, 2.75) is 6.42 Å². The second-order valence-corrected chi connectivity index (χ2v) is 7.72. The number of carbonyl (C=O) groups is 1. The molecule has 32 heavy (non-hydrogen) atoms. The molecule has 0 unspecified atom stereocenters. The maximum absolute atomic E-state index is 13.2. The zero-order valence-electron chi connectivity index (χ0n) is 17.4. The number of methoxy groups -OCH3 is 2. The largest absolute Gasteiger partial charge is 0.493 e. The molecule has 7 nitrogen and oxygen atoms in total. The molecule has 1 amide bonds. The van der Waals surface area contributed by atoms with Crippen molar-refractivity contribution in [3.63, 3.8) is 0 Å². The number of hydrogen-bond acceptors (Lipinski definition) is 5. The van der Waals surface area contributed by atoms with Crippen molar-refractivity contribution in [2.75, 3.05) is 19.5 Å². The molecule has 0 spiro atoms. The number of anilines is 1. The first kappa shape index (κ1) is 20.1. The Bertz CT molecular complexity index is 1320. The molecule has 1 aliphatic carbocycles. The molecule has 1 N–H and O–H groups in total. The maximum atomic E-state index is 13.2. The van der Waals surface area contributed by atoms with Gasteiger partial charge < -0.3 is 14.8 Å². The molecular formula is C24H19ClN4O3. The Hall–Kier alpha value is -3.84. The Labute approximate surface area is 189 Å². The van der Waals surface area contributed by atoms with Crippen molar-refractivity contribution in [3.8, 4) is 28.4 Å². The summed E-state index contributed by atoms with van der Waals surface area (Å²) in [5.74, 6) is 1.34. The number of ether oxygens (including phenoxy) is 2. The van der Waals surface area contributed by atoms with Crippen molar-refractivity contribution in [1.82, 2.24) is 14.8 Å². The fourth-order valence-electron chi connectivity index (χ4n) is 3.94. The summed E-state index contributed by atoms with van der Waals surface area (Å²) >= 11 is 5.90. The standard InChI is InChI=1S/C24H19ClN4O3/c1-31-19-11-14-10-18-22(24(30)27-21-9-8-15(25)13-26-21)28-29(16-6-4-3-5-7-16)23(18)17(14)12-20(19)32-2/h3-9,11-13H,10H2,1-2H3,(H,26,27,30). The number of fused-ring (bicyclic) bond motifs is 3. The van der Waals surface area contributed by atoms with Crippen molar-refractivity contribution in [1.29, 1.82) is 0 Å². The van der Waals surface area contributed by atoms with Crippen LogP contribution in [0.1, 0.15) is 21.6 Å². The first-order valence-corrected chi connectivity index (χ1v) is 10.3. The number of benzene rings is 2. The number of hydrogen-bond donors (Lipinski definition) is 1. The number of nitrogens with one attached hydrogen (secondary N) is 1. The quantitative estimate of drug-likeness (QED) is 0.421. The lowest BCUT2D eigenvalue weighted by molar-refractivity contribution is 0.102. The Morgan fingerprint density at radius 2 is 1.81 bits per heavy atom. The monoisotopic (exact) mass is 446 g/mol. The minimum Gasteiger partial charge on any atom is -0.493 e. The third kappa shape index (κ3) is 3.36. The van der Waals surface area contributed by atoms with Crippen molar-refractivity contribution < 1.29 is 14.3 Å². The maximum Gasteiger partial charge on any atom is 0.277 e. The molecule has 4 aromatic rings. The van der Waals surface area contributed by atoms with E-state index in [0.717, 1.165) is 28.1 Å². The van der Waals surface area contributed by atoms with E-state index in [-0.39, 0.29) is 5.91 Å². The summed E-state index contributed by atoms with van der Waals surface area (Å²) in [7, 11) is 3.21. The SMILES string of the molecule is COc1cc2c(cc1OC)-c1c(c(C(=O)Nc3ccc(Cl)cn3)nn1-c1ccccc1)C2. The molecular weight excluding hydrogens is 428 g/mol. The minimum absolute atomic E-state index is 0.336. The topological polar surface area (TPSA) is 78.3 Å². The fourth-order valence-corrected chi connectivity index (χ4v) is 4.05. The molecule has 2 aromatic carbocycles. The summed E-state index contributed by atoms with van der Waals surface area (Å²) in [6.45, 7) is 0. The lowest BCUT2D eigenvalue weighted by Gasteiger charge is -2.12. The Morgan fingerprint density at radius 1 is 1.06 bits per heavy atom. The molecule has 0 atom stereocenters. The van der Waals surface area contributed by atoms with E-state index in [4.69, 9.17) is 26.2 Å². The summed E-state index contributed by atoms with van der Waals surface area (Å²) < 4.78 is 12.8. The van der Waals surface area contributed by atoms with Gasteiger partial charge in [0, 0.05) is 23.7 Å². The van der Waals surface area contributed by atoms with E-state index >= 15 is 0 Å². The predicted molar refractivity (Wildman–Crippen MR) is 122 cm³/mol. The zero-order valence-corrected chi connectivity index (χ0v) is 18.2. The first-order chi connectivity index (χ1) is 15.6. The van der Waals surface area contributed by atoms with E-state index < -0.39 is 0 Å². The van der Waals surface area contributed by atoms with Crippen LogP contribution in [0.15, 0.2) is 60.8 Å². The number of rotatable bonds is 5. The third-order valence-corrected chi connectivity index (χ3v) is 5.62. The van der Waals surface area contributed by atoms with Gasteiger partial charge in [-0.15, -0.1) is 0 Å². The highest BCUT2D eigenvalue weighted by Crippen LogP contribution is 2.44. The number of amides is 1. The van der Waals surface area contributed by atoms with Gasteiger partial charge in [-0.05, 0) is 42.0 Å².